The zero-order chi connectivity index (χ0) is 12.1. The molecule has 90 valence electrons. The predicted molar refractivity (Wildman–Crippen MR) is 62.8 cm³/mol. The summed E-state index contributed by atoms with van der Waals surface area (Å²) in [4.78, 5) is 0. The van der Waals surface area contributed by atoms with E-state index in [9.17, 15) is 8.78 Å². The molecule has 0 saturated carbocycles. The summed E-state index contributed by atoms with van der Waals surface area (Å²) in [5, 5.41) is 2.65. The van der Waals surface area contributed by atoms with Gasteiger partial charge in [0, 0.05) is 0 Å². The van der Waals surface area contributed by atoms with Crippen LogP contribution in [0.15, 0.2) is 24.3 Å². The molecule has 0 fully saturated rings. The maximum atomic E-state index is 12.7. The van der Waals surface area contributed by atoms with E-state index in [1.54, 1.807) is 13.1 Å². The Morgan fingerprint density at radius 3 is 2.44 bits per heavy atom. The summed E-state index contributed by atoms with van der Waals surface area (Å²) >= 11 is 0. The van der Waals surface area contributed by atoms with E-state index in [0.29, 0.717) is 11.5 Å². The van der Waals surface area contributed by atoms with Gasteiger partial charge in [-0.1, -0.05) is 38.1 Å². The normalized spacial score (nSPS) is 13.4. The molecule has 1 unspecified atom stereocenters. The fourth-order valence-electron chi connectivity index (χ4n) is 1.82. The van der Waals surface area contributed by atoms with Gasteiger partial charge in [0.2, 0.25) is 0 Å². The smallest absolute Gasteiger partial charge is 0.257 e. The first kappa shape index (κ1) is 13.1. The largest absolute Gasteiger partial charge is 0.308 e. The van der Waals surface area contributed by atoms with Gasteiger partial charge >= 0.3 is 0 Å². The van der Waals surface area contributed by atoms with E-state index in [1.165, 1.54) is 0 Å². The Kier molecular flexibility index (Phi) is 4.87. The molecule has 0 aromatic heterocycles. The van der Waals surface area contributed by atoms with E-state index < -0.39 is 12.5 Å². The van der Waals surface area contributed by atoms with Crippen LogP contribution in [0, 0.1) is 5.92 Å². The van der Waals surface area contributed by atoms with Crippen LogP contribution in [0.5, 0.6) is 0 Å². The van der Waals surface area contributed by atoms with Gasteiger partial charge in [-0.05, 0) is 30.5 Å². The molecular formula is C13H19F2N. The van der Waals surface area contributed by atoms with Crippen LogP contribution in [0.1, 0.15) is 31.0 Å². The van der Waals surface area contributed by atoms with Gasteiger partial charge in [0.25, 0.3) is 6.43 Å². The molecule has 0 radical (unpaired) electrons. The molecule has 0 amide bonds. The number of rotatable bonds is 5. The molecule has 0 aliphatic heterocycles. The summed E-state index contributed by atoms with van der Waals surface area (Å²) in [5.41, 5.74) is 1.78. The minimum absolute atomic E-state index is 0.537. The van der Waals surface area contributed by atoms with E-state index in [-0.39, 0.29) is 0 Å². The van der Waals surface area contributed by atoms with Gasteiger partial charge in [-0.25, -0.2) is 8.78 Å². The average Bonchev–Trinajstić information content (AvgIpc) is 2.17. The zero-order valence-corrected chi connectivity index (χ0v) is 10.0. The van der Waals surface area contributed by atoms with Crippen molar-refractivity contribution < 1.29 is 8.78 Å². The molecule has 16 heavy (non-hydrogen) atoms. The van der Waals surface area contributed by atoms with Crippen molar-refractivity contribution in [1.29, 1.82) is 0 Å². The number of halogens is 2. The Morgan fingerprint density at radius 1 is 1.25 bits per heavy atom. The summed E-state index contributed by atoms with van der Waals surface area (Å²) in [6, 6.07) is 6.58. The number of alkyl halides is 2. The lowest BCUT2D eigenvalue weighted by molar-refractivity contribution is 0.102. The highest BCUT2D eigenvalue weighted by atomic mass is 19.3. The summed E-state index contributed by atoms with van der Waals surface area (Å²) in [7, 11) is 1.56. The fourth-order valence-corrected chi connectivity index (χ4v) is 1.82. The van der Waals surface area contributed by atoms with E-state index >= 15 is 0 Å². The molecule has 1 N–H and O–H groups in total. The second kappa shape index (κ2) is 5.94. The summed E-state index contributed by atoms with van der Waals surface area (Å²) < 4.78 is 25.4. The van der Waals surface area contributed by atoms with E-state index in [0.717, 1.165) is 12.0 Å². The van der Waals surface area contributed by atoms with Crippen molar-refractivity contribution in [2.75, 3.05) is 7.05 Å². The van der Waals surface area contributed by atoms with Crippen molar-refractivity contribution in [1.82, 2.24) is 5.32 Å². The van der Waals surface area contributed by atoms with Crippen molar-refractivity contribution in [2.24, 2.45) is 5.92 Å². The third-order valence-electron chi connectivity index (χ3n) is 2.52. The third kappa shape index (κ3) is 3.56. The van der Waals surface area contributed by atoms with Crippen LogP contribution < -0.4 is 5.32 Å². The Bertz CT molecular complexity index is 323. The molecule has 0 heterocycles. The Morgan fingerprint density at radius 2 is 1.94 bits per heavy atom. The van der Waals surface area contributed by atoms with Crippen molar-refractivity contribution in [3.05, 3.63) is 35.4 Å². The van der Waals surface area contributed by atoms with Gasteiger partial charge in [-0.3, -0.25) is 0 Å². The summed E-state index contributed by atoms with van der Waals surface area (Å²) in [6.07, 6.45) is -1.45. The van der Waals surface area contributed by atoms with Crippen molar-refractivity contribution >= 4 is 0 Å². The predicted octanol–water partition coefficient (Wildman–Crippen LogP) is 3.41. The van der Waals surface area contributed by atoms with Crippen LogP contribution in [0.25, 0.3) is 0 Å². The molecule has 0 aliphatic rings. The number of nitrogens with one attached hydrogen (secondary N) is 1. The first-order chi connectivity index (χ1) is 7.54. The lowest BCUT2D eigenvalue weighted by Crippen LogP contribution is -2.23. The SMILES string of the molecule is CNC(c1cccc(CC(C)C)c1)C(F)F. The van der Waals surface area contributed by atoms with Crippen LogP contribution in [0.2, 0.25) is 0 Å². The minimum atomic E-state index is -2.38. The molecule has 1 nitrogen and oxygen atoms in total. The molecular weight excluding hydrogens is 208 g/mol. The van der Waals surface area contributed by atoms with E-state index in [4.69, 9.17) is 0 Å². The number of benzene rings is 1. The number of hydrogen-bond acceptors (Lipinski definition) is 1. The van der Waals surface area contributed by atoms with Crippen LogP contribution in [-0.2, 0) is 6.42 Å². The highest BCUT2D eigenvalue weighted by molar-refractivity contribution is 5.26. The first-order valence-electron chi connectivity index (χ1n) is 5.58. The van der Waals surface area contributed by atoms with Crippen molar-refractivity contribution in [2.45, 2.75) is 32.7 Å². The average molecular weight is 227 g/mol. The lowest BCUT2D eigenvalue weighted by Gasteiger charge is -2.16. The molecule has 0 saturated heterocycles. The molecule has 0 bridgehead atoms. The van der Waals surface area contributed by atoms with Gasteiger partial charge in [0.05, 0.1) is 6.04 Å². The molecule has 0 aliphatic carbocycles. The Balaban J connectivity index is 2.88. The van der Waals surface area contributed by atoms with Gasteiger partial charge < -0.3 is 5.32 Å². The van der Waals surface area contributed by atoms with Crippen LogP contribution >= 0.6 is 0 Å². The molecule has 3 heteroatoms. The summed E-state index contributed by atoms with van der Waals surface area (Å²) in [5.74, 6) is 0.537. The molecule has 1 atom stereocenters. The molecule has 1 aromatic carbocycles. The van der Waals surface area contributed by atoms with Gasteiger partial charge in [0.15, 0.2) is 0 Å². The first-order valence-corrected chi connectivity index (χ1v) is 5.58. The standard InChI is InChI=1S/C13H19F2N/c1-9(2)7-10-5-4-6-11(8-10)12(16-3)13(14)15/h4-6,8-9,12-13,16H,7H2,1-3H3. The van der Waals surface area contributed by atoms with Crippen LogP contribution in [-0.4, -0.2) is 13.5 Å². The summed E-state index contributed by atoms with van der Waals surface area (Å²) in [6.45, 7) is 4.24. The highest BCUT2D eigenvalue weighted by Gasteiger charge is 2.20. The molecule has 1 aromatic rings. The second-order valence-corrected chi connectivity index (χ2v) is 4.44. The van der Waals surface area contributed by atoms with Crippen LogP contribution in [0.3, 0.4) is 0 Å². The number of hydrogen-bond donors (Lipinski definition) is 1. The van der Waals surface area contributed by atoms with E-state index in [1.807, 2.05) is 18.2 Å². The maximum absolute atomic E-state index is 12.7. The van der Waals surface area contributed by atoms with Crippen LogP contribution in [0.4, 0.5) is 8.78 Å². The molecule has 0 spiro atoms. The lowest BCUT2D eigenvalue weighted by atomic mass is 9.98. The van der Waals surface area contributed by atoms with Gasteiger partial charge in [-0.15, -0.1) is 0 Å². The molecule has 1 rings (SSSR count). The zero-order valence-electron chi connectivity index (χ0n) is 10.0. The maximum Gasteiger partial charge on any atom is 0.257 e. The van der Waals surface area contributed by atoms with Gasteiger partial charge in [-0.2, -0.15) is 0 Å². The van der Waals surface area contributed by atoms with E-state index in [2.05, 4.69) is 19.2 Å². The van der Waals surface area contributed by atoms with Crippen molar-refractivity contribution in [3.8, 4) is 0 Å². The quantitative estimate of drug-likeness (QED) is 0.812. The topological polar surface area (TPSA) is 12.0 Å². The Hall–Kier alpha value is -0.960. The second-order valence-electron chi connectivity index (χ2n) is 4.44. The Labute approximate surface area is 95.9 Å². The third-order valence-corrected chi connectivity index (χ3v) is 2.52. The minimum Gasteiger partial charge on any atom is -0.308 e. The monoisotopic (exact) mass is 227 g/mol. The van der Waals surface area contributed by atoms with Gasteiger partial charge in [0.1, 0.15) is 0 Å². The highest BCUT2D eigenvalue weighted by Crippen LogP contribution is 2.22. The van der Waals surface area contributed by atoms with Crippen molar-refractivity contribution in [3.63, 3.8) is 0 Å². The fraction of sp³-hybridized carbons (Fsp3) is 0.538.